The molecule has 0 spiro atoms. The zero-order chi connectivity index (χ0) is 22.1. The molecule has 7 nitrogen and oxygen atoms in total. The minimum atomic E-state index is -1.39. The van der Waals surface area contributed by atoms with Crippen LogP contribution in [0, 0.1) is 0 Å². The van der Waals surface area contributed by atoms with Crippen molar-refractivity contribution in [1.29, 1.82) is 0 Å². The second kappa shape index (κ2) is 8.18. The molecule has 0 fully saturated rings. The third-order valence-corrected chi connectivity index (χ3v) is 5.74. The van der Waals surface area contributed by atoms with Crippen molar-refractivity contribution in [3.63, 3.8) is 0 Å². The SMILES string of the molecule is CC(NC(=O)OCC1c2ccccc2-c2ccccc21)C(=O)N(C)C(C)(C)C(=O)O. The predicted molar refractivity (Wildman–Crippen MR) is 112 cm³/mol. The van der Waals surface area contributed by atoms with Gasteiger partial charge in [0.1, 0.15) is 18.2 Å². The van der Waals surface area contributed by atoms with Crippen LogP contribution in [-0.4, -0.2) is 53.2 Å². The Hall–Kier alpha value is -3.35. The molecule has 0 bridgehead atoms. The van der Waals surface area contributed by atoms with Crippen molar-refractivity contribution in [1.82, 2.24) is 10.2 Å². The highest BCUT2D eigenvalue weighted by atomic mass is 16.5. The number of likely N-dealkylation sites (N-methyl/N-ethyl adjacent to an activating group) is 1. The molecule has 1 aliphatic carbocycles. The topological polar surface area (TPSA) is 95.9 Å². The Bertz CT molecular complexity index is 940. The molecular formula is C23H26N2O5. The molecule has 1 unspecified atom stereocenters. The molecule has 0 saturated carbocycles. The predicted octanol–water partition coefficient (Wildman–Crippen LogP) is 3.24. The second-order valence-electron chi connectivity index (χ2n) is 7.95. The molecule has 0 saturated heterocycles. The number of benzene rings is 2. The standard InChI is InChI=1S/C23H26N2O5/c1-14(20(26)25(4)23(2,3)21(27)28)24-22(29)30-13-19-17-11-7-5-9-15(17)16-10-6-8-12-18(16)19/h5-12,14,19H,13H2,1-4H3,(H,24,29)(H,27,28). The van der Waals surface area contributed by atoms with Crippen molar-refractivity contribution in [3.05, 3.63) is 59.7 Å². The average Bonchev–Trinajstić information content (AvgIpc) is 3.04. The fraction of sp³-hybridized carbons (Fsp3) is 0.348. The Kier molecular flexibility index (Phi) is 5.82. The van der Waals surface area contributed by atoms with Gasteiger partial charge in [-0.05, 0) is 43.0 Å². The van der Waals surface area contributed by atoms with Crippen molar-refractivity contribution in [2.45, 2.75) is 38.3 Å². The van der Waals surface area contributed by atoms with E-state index in [1.807, 2.05) is 36.4 Å². The van der Waals surface area contributed by atoms with E-state index in [4.69, 9.17) is 4.74 Å². The Labute approximate surface area is 175 Å². The number of nitrogens with zero attached hydrogens (tertiary/aromatic N) is 1. The number of aliphatic carboxylic acids is 1. The van der Waals surface area contributed by atoms with E-state index in [2.05, 4.69) is 17.4 Å². The number of hydrogen-bond donors (Lipinski definition) is 2. The van der Waals surface area contributed by atoms with E-state index < -0.39 is 29.6 Å². The smallest absolute Gasteiger partial charge is 0.407 e. The van der Waals surface area contributed by atoms with Gasteiger partial charge in [-0.2, -0.15) is 0 Å². The number of fused-ring (bicyclic) bond motifs is 3. The summed E-state index contributed by atoms with van der Waals surface area (Å²) in [5, 5.41) is 11.8. The molecule has 3 rings (SSSR count). The summed E-state index contributed by atoms with van der Waals surface area (Å²) in [5.41, 5.74) is 3.05. The van der Waals surface area contributed by atoms with Crippen LogP contribution in [0.15, 0.2) is 48.5 Å². The molecule has 0 heterocycles. The summed E-state index contributed by atoms with van der Waals surface area (Å²) in [6.07, 6.45) is -0.723. The molecule has 7 heteroatoms. The summed E-state index contributed by atoms with van der Waals surface area (Å²) < 4.78 is 5.44. The number of carboxylic acids is 1. The lowest BCUT2D eigenvalue weighted by Crippen LogP contribution is -2.56. The number of alkyl carbamates (subject to hydrolysis) is 1. The maximum Gasteiger partial charge on any atom is 0.407 e. The number of carbonyl (C=O) groups excluding carboxylic acids is 2. The van der Waals surface area contributed by atoms with Crippen LogP contribution in [-0.2, 0) is 14.3 Å². The molecule has 30 heavy (non-hydrogen) atoms. The van der Waals surface area contributed by atoms with Crippen LogP contribution in [0.5, 0.6) is 0 Å². The molecule has 2 aromatic carbocycles. The zero-order valence-corrected chi connectivity index (χ0v) is 17.5. The van der Waals surface area contributed by atoms with Crippen LogP contribution in [0.1, 0.15) is 37.8 Å². The first kappa shape index (κ1) is 21.4. The highest BCUT2D eigenvalue weighted by Gasteiger charge is 2.37. The van der Waals surface area contributed by atoms with Gasteiger partial charge in [0, 0.05) is 13.0 Å². The van der Waals surface area contributed by atoms with Gasteiger partial charge in [0.2, 0.25) is 5.91 Å². The monoisotopic (exact) mass is 410 g/mol. The van der Waals surface area contributed by atoms with Crippen LogP contribution in [0.25, 0.3) is 11.1 Å². The molecule has 2 amide bonds. The first-order valence-corrected chi connectivity index (χ1v) is 9.77. The van der Waals surface area contributed by atoms with Crippen molar-refractivity contribution in [2.75, 3.05) is 13.7 Å². The molecule has 0 aliphatic heterocycles. The molecule has 2 aromatic rings. The molecule has 0 aromatic heterocycles. The average molecular weight is 410 g/mol. The highest BCUT2D eigenvalue weighted by Crippen LogP contribution is 2.44. The van der Waals surface area contributed by atoms with Crippen molar-refractivity contribution in [2.24, 2.45) is 0 Å². The van der Waals surface area contributed by atoms with E-state index in [0.29, 0.717) is 0 Å². The van der Waals surface area contributed by atoms with Gasteiger partial charge in [-0.1, -0.05) is 48.5 Å². The zero-order valence-electron chi connectivity index (χ0n) is 17.5. The number of rotatable bonds is 6. The van der Waals surface area contributed by atoms with Crippen LogP contribution in [0.3, 0.4) is 0 Å². The summed E-state index contributed by atoms with van der Waals surface area (Å²) in [6.45, 7) is 4.48. The number of carboxylic acid groups (broad SMARTS) is 1. The van der Waals surface area contributed by atoms with Gasteiger partial charge in [-0.25, -0.2) is 9.59 Å². The Balaban J connectivity index is 1.64. The van der Waals surface area contributed by atoms with Gasteiger partial charge in [0.15, 0.2) is 0 Å². The Morgan fingerprint density at radius 3 is 2.07 bits per heavy atom. The van der Waals surface area contributed by atoms with Gasteiger partial charge in [-0.15, -0.1) is 0 Å². The van der Waals surface area contributed by atoms with Gasteiger partial charge in [0.25, 0.3) is 0 Å². The van der Waals surface area contributed by atoms with Gasteiger partial charge in [0.05, 0.1) is 0 Å². The molecular weight excluding hydrogens is 384 g/mol. The molecule has 2 N–H and O–H groups in total. The number of nitrogens with one attached hydrogen (secondary N) is 1. The maximum absolute atomic E-state index is 12.5. The third kappa shape index (κ3) is 3.87. The maximum atomic E-state index is 12.5. The molecule has 158 valence electrons. The summed E-state index contributed by atoms with van der Waals surface area (Å²) >= 11 is 0. The summed E-state index contributed by atoms with van der Waals surface area (Å²) in [4.78, 5) is 37.3. The highest BCUT2D eigenvalue weighted by molar-refractivity contribution is 5.90. The van der Waals surface area contributed by atoms with E-state index in [-0.39, 0.29) is 12.5 Å². The fourth-order valence-corrected chi connectivity index (χ4v) is 3.59. The summed E-state index contributed by atoms with van der Waals surface area (Å²) in [6, 6.07) is 15.1. The Morgan fingerprint density at radius 2 is 1.57 bits per heavy atom. The van der Waals surface area contributed by atoms with E-state index in [9.17, 15) is 19.5 Å². The third-order valence-electron chi connectivity index (χ3n) is 5.74. The van der Waals surface area contributed by atoms with Crippen LogP contribution in [0.4, 0.5) is 4.79 Å². The van der Waals surface area contributed by atoms with E-state index in [1.165, 1.54) is 27.8 Å². The van der Waals surface area contributed by atoms with E-state index >= 15 is 0 Å². The molecule has 1 atom stereocenters. The number of amides is 2. The lowest BCUT2D eigenvalue weighted by Gasteiger charge is -2.33. The van der Waals surface area contributed by atoms with Crippen molar-refractivity contribution >= 4 is 18.0 Å². The van der Waals surface area contributed by atoms with Gasteiger partial charge in [-0.3, -0.25) is 4.79 Å². The first-order chi connectivity index (χ1) is 14.1. The summed E-state index contributed by atoms with van der Waals surface area (Å²) in [7, 11) is 1.40. The van der Waals surface area contributed by atoms with Gasteiger partial charge >= 0.3 is 12.1 Å². The van der Waals surface area contributed by atoms with Crippen LogP contribution in [0.2, 0.25) is 0 Å². The normalized spacial score (nSPS) is 13.7. The summed E-state index contributed by atoms with van der Waals surface area (Å²) in [5.74, 6) is -1.73. The number of hydrogen-bond acceptors (Lipinski definition) is 4. The minimum absolute atomic E-state index is 0.0808. The van der Waals surface area contributed by atoms with Crippen LogP contribution < -0.4 is 5.32 Å². The lowest BCUT2D eigenvalue weighted by atomic mass is 9.98. The van der Waals surface area contributed by atoms with E-state index in [0.717, 1.165) is 27.2 Å². The molecule has 0 radical (unpaired) electrons. The number of ether oxygens (including phenoxy) is 1. The minimum Gasteiger partial charge on any atom is -0.480 e. The first-order valence-electron chi connectivity index (χ1n) is 9.77. The number of carbonyl (C=O) groups is 3. The van der Waals surface area contributed by atoms with Crippen molar-refractivity contribution in [3.8, 4) is 11.1 Å². The van der Waals surface area contributed by atoms with Crippen LogP contribution >= 0.6 is 0 Å². The largest absolute Gasteiger partial charge is 0.480 e. The van der Waals surface area contributed by atoms with E-state index in [1.54, 1.807) is 0 Å². The van der Waals surface area contributed by atoms with Crippen molar-refractivity contribution < 1.29 is 24.2 Å². The lowest BCUT2D eigenvalue weighted by molar-refractivity contribution is -0.155. The quantitative estimate of drug-likeness (QED) is 0.762. The second-order valence-corrected chi connectivity index (χ2v) is 7.95. The molecule has 1 aliphatic rings. The Morgan fingerprint density at radius 1 is 1.07 bits per heavy atom. The van der Waals surface area contributed by atoms with Gasteiger partial charge < -0.3 is 20.1 Å². The fourth-order valence-electron chi connectivity index (χ4n) is 3.59.